The van der Waals surface area contributed by atoms with E-state index in [1.54, 1.807) is 12.1 Å². The maximum atomic E-state index is 9.00. The molecule has 0 unspecified atom stereocenters. The number of carboxylic acid groups (broad SMARTS) is 1. The van der Waals surface area contributed by atoms with Gasteiger partial charge in [0, 0.05) is 6.92 Å². The summed E-state index contributed by atoms with van der Waals surface area (Å²) in [7, 11) is 0. The van der Waals surface area contributed by atoms with Crippen LogP contribution in [0.5, 0.6) is 0 Å². The molecule has 1 N–H and O–H groups in total. The summed E-state index contributed by atoms with van der Waals surface area (Å²) in [4.78, 5) is 9.00. The molecule has 62 valence electrons. The molecule has 1 rings (SSSR count). The Morgan fingerprint density at radius 1 is 1.42 bits per heavy atom. The Bertz CT molecular complexity index is 270. The van der Waals surface area contributed by atoms with Gasteiger partial charge in [-0.25, -0.2) is 0 Å². The lowest BCUT2D eigenvalue weighted by atomic mass is 10.2. The smallest absolute Gasteiger partial charge is 0.300 e. The van der Waals surface area contributed by atoms with Crippen LogP contribution in [0.25, 0.3) is 0 Å². The van der Waals surface area contributed by atoms with E-state index < -0.39 is 5.97 Å². The van der Waals surface area contributed by atoms with E-state index in [-0.39, 0.29) is 0 Å². The van der Waals surface area contributed by atoms with Gasteiger partial charge in [-0.05, 0) is 12.1 Å². The average Bonchev–Trinajstić information content (AvgIpc) is 2.05. The largest absolute Gasteiger partial charge is 0.481 e. The quantitative estimate of drug-likeness (QED) is 0.632. The standard InChI is InChI=1S/C7H5N.C2H4O2/c8-6-7-4-2-1-3-5-7;1-2(3)4/h1-5H;1H3,(H,3,4). The summed E-state index contributed by atoms with van der Waals surface area (Å²) in [5, 5.41) is 15.7. The molecule has 0 saturated heterocycles. The van der Waals surface area contributed by atoms with Gasteiger partial charge in [0.15, 0.2) is 0 Å². The summed E-state index contributed by atoms with van der Waals surface area (Å²) >= 11 is 0. The van der Waals surface area contributed by atoms with E-state index in [1.165, 1.54) is 0 Å². The second-order valence-electron chi connectivity index (χ2n) is 2.00. The minimum atomic E-state index is -0.833. The number of nitrogens with zero attached hydrogens (tertiary/aromatic N) is 1. The second-order valence-corrected chi connectivity index (χ2v) is 2.00. The van der Waals surface area contributed by atoms with Crippen molar-refractivity contribution in [2.24, 2.45) is 0 Å². The first-order chi connectivity index (χ1) is 5.66. The lowest BCUT2D eigenvalue weighted by Crippen LogP contribution is -1.78. The third-order valence-electron chi connectivity index (χ3n) is 0.903. The molecular formula is C9H9NO2. The van der Waals surface area contributed by atoms with Crippen LogP contribution in [0.4, 0.5) is 0 Å². The minimum absolute atomic E-state index is 0.715. The molecule has 3 heteroatoms. The van der Waals surface area contributed by atoms with Crippen molar-refractivity contribution < 1.29 is 9.90 Å². The summed E-state index contributed by atoms with van der Waals surface area (Å²) in [6, 6.07) is 11.2. The van der Waals surface area contributed by atoms with Crippen LogP contribution in [-0.4, -0.2) is 11.1 Å². The van der Waals surface area contributed by atoms with Crippen molar-refractivity contribution in [3.63, 3.8) is 0 Å². The lowest BCUT2D eigenvalue weighted by Gasteiger charge is -1.80. The number of hydrogen-bond acceptors (Lipinski definition) is 2. The monoisotopic (exact) mass is 163 g/mol. The molecule has 0 aliphatic heterocycles. The first-order valence-corrected chi connectivity index (χ1v) is 3.31. The van der Waals surface area contributed by atoms with Crippen molar-refractivity contribution in [3.05, 3.63) is 35.9 Å². The minimum Gasteiger partial charge on any atom is -0.481 e. The zero-order chi connectivity index (χ0) is 9.40. The van der Waals surface area contributed by atoms with Crippen molar-refractivity contribution >= 4 is 5.97 Å². The Hall–Kier alpha value is -1.82. The number of aliphatic carboxylic acids is 1. The van der Waals surface area contributed by atoms with Gasteiger partial charge in [0.25, 0.3) is 5.97 Å². The fourth-order valence-corrected chi connectivity index (χ4v) is 0.513. The molecule has 1 aromatic carbocycles. The summed E-state index contributed by atoms with van der Waals surface area (Å²) < 4.78 is 0. The Balaban J connectivity index is 0.000000261. The van der Waals surface area contributed by atoms with E-state index in [1.807, 2.05) is 24.3 Å². The first kappa shape index (κ1) is 10.2. The number of nitriles is 1. The van der Waals surface area contributed by atoms with Gasteiger partial charge in [0.1, 0.15) is 0 Å². The summed E-state index contributed by atoms with van der Waals surface area (Å²) in [5.41, 5.74) is 0.715. The van der Waals surface area contributed by atoms with E-state index in [0.29, 0.717) is 5.56 Å². The van der Waals surface area contributed by atoms with Gasteiger partial charge in [-0.3, -0.25) is 4.79 Å². The molecule has 12 heavy (non-hydrogen) atoms. The maximum Gasteiger partial charge on any atom is 0.300 e. The molecule has 0 fully saturated rings. The van der Waals surface area contributed by atoms with Crippen LogP contribution in [-0.2, 0) is 4.79 Å². The topological polar surface area (TPSA) is 61.1 Å². The van der Waals surface area contributed by atoms with Crippen LogP contribution >= 0.6 is 0 Å². The molecule has 3 nitrogen and oxygen atoms in total. The molecule has 0 amide bonds. The molecule has 0 atom stereocenters. The van der Waals surface area contributed by atoms with Gasteiger partial charge in [0.05, 0.1) is 11.6 Å². The van der Waals surface area contributed by atoms with E-state index in [2.05, 4.69) is 0 Å². The van der Waals surface area contributed by atoms with Crippen LogP contribution in [0.1, 0.15) is 12.5 Å². The molecule has 0 saturated carbocycles. The fraction of sp³-hybridized carbons (Fsp3) is 0.111. The van der Waals surface area contributed by atoms with Gasteiger partial charge in [0.2, 0.25) is 0 Å². The Kier molecular flexibility index (Phi) is 5.03. The molecule has 0 spiro atoms. The van der Waals surface area contributed by atoms with Crippen LogP contribution in [0, 0.1) is 11.3 Å². The van der Waals surface area contributed by atoms with Crippen molar-refractivity contribution in [1.29, 1.82) is 5.26 Å². The number of hydrogen-bond donors (Lipinski definition) is 1. The number of carbonyl (C=O) groups is 1. The van der Waals surface area contributed by atoms with Gasteiger partial charge in [-0.15, -0.1) is 0 Å². The molecule has 0 aliphatic rings. The van der Waals surface area contributed by atoms with Gasteiger partial charge < -0.3 is 5.11 Å². The highest BCUT2D eigenvalue weighted by Crippen LogP contribution is 1.92. The summed E-state index contributed by atoms with van der Waals surface area (Å²) in [6.45, 7) is 1.08. The highest BCUT2D eigenvalue weighted by atomic mass is 16.4. The molecule has 0 radical (unpaired) electrons. The molecule has 0 aliphatic carbocycles. The van der Waals surface area contributed by atoms with Crippen LogP contribution < -0.4 is 0 Å². The van der Waals surface area contributed by atoms with Crippen LogP contribution in [0.2, 0.25) is 0 Å². The van der Waals surface area contributed by atoms with E-state index in [4.69, 9.17) is 15.2 Å². The van der Waals surface area contributed by atoms with Gasteiger partial charge in [-0.1, -0.05) is 18.2 Å². The highest BCUT2D eigenvalue weighted by Gasteiger charge is 1.79. The first-order valence-electron chi connectivity index (χ1n) is 3.31. The SMILES string of the molecule is CC(=O)O.N#Cc1ccccc1. The molecule has 0 aromatic heterocycles. The van der Waals surface area contributed by atoms with E-state index >= 15 is 0 Å². The molecular weight excluding hydrogens is 154 g/mol. The normalized spacial score (nSPS) is 7.33. The Morgan fingerprint density at radius 2 is 1.83 bits per heavy atom. The zero-order valence-corrected chi connectivity index (χ0v) is 6.69. The van der Waals surface area contributed by atoms with Crippen molar-refractivity contribution in [2.75, 3.05) is 0 Å². The molecule has 0 heterocycles. The van der Waals surface area contributed by atoms with E-state index in [9.17, 15) is 0 Å². The summed E-state index contributed by atoms with van der Waals surface area (Å²) in [5.74, 6) is -0.833. The highest BCUT2D eigenvalue weighted by molar-refractivity contribution is 5.62. The maximum absolute atomic E-state index is 9.00. The molecule has 0 bridgehead atoms. The lowest BCUT2D eigenvalue weighted by molar-refractivity contribution is -0.134. The zero-order valence-electron chi connectivity index (χ0n) is 6.69. The summed E-state index contributed by atoms with van der Waals surface area (Å²) in [6.07, 6.45) is 0. The van der Waals surface area contributed by atoms with E-state index in [0.717, 1.165) is 6.92 Å². The van der Waals surface area contributed by atoms with Crippen LogP contribution in [0.15, 0.2) is 30.3 Å². The fourth-order valence-electron chi connectivity index (χ4n) is 0.513. The third kappa shape index (κ3) is 6.30. The number of benzene rings is 1. The van der Waals surface area contributed by atoms with Gasteiger partial charge in [-0.2, -0.15) is 5.26 Å². The van der Waals surface area contributed by atoms with Crippen LogP contribution in [0.3, 0.4) is 0 Å². The third-order valence-corrected chi connectivity index (χ3v) is 0.903. The Labute approximate surface area is 70.9 Å². The second kappa shape index (κ2) is 5.93. The molecule has 1 aromatic rings. The van der Waals surface area contributed by atoms with Crippen molar-refractivity contribution in [1.82, 2.24) is 0 Å². The number of rotatable bonds is 0. The average molecular weight is 163 g/mol. The Morgan fingerprint density at radius 3 is 2.08 bits per heavy atom. The van der Waals surface area contributed by atoms with Crippen molar-refractivity contribution in [3.8, 4) is 6.07 Å². The van der Waals surface area contributed by atoms with Gasteiger partial charge >= 0.3 is 0 Å². The predicted octanol–water partition coefficient (Wildman–Crippen LogP) is 1.65. The van der Waals surface area contributed by atoms with Crippen molar-refractivity contribution in [2.45, 2.75) is 6.92 Å². The number of carboxylic acids is 1. The predicted molar refractivity (Wildman–Crippen MR) is 44.5 cm³/mol.